The first-order valence-electron chi connectivity index (χ1n) is 8.76. The Balaban J connectivity index is 2.50. The maximum absolute atomic E-state index is 12.1. The van der Waals surface area contributed by atoms with Crippen molar-refractivity contribution in [3.8, 4) is 0 Å². The Morgan fingerprint density at radius 3 is 2.58 bits per heavy atom. The summed E-state index contributed by atoms with van der Waals surface area (Å²) < 4.78 is 46.4. The minimum atomic E-state index is -4.31. The van der Waals surface area contributed by atoms with Crippen molar-refractivity contribution in [1.82, 2.24) is 10.6 Å². The zero-order valence-corrected chi connectivity index (χ0v) is 15.4. The molecule has 0 fully saturated rings. The smallest absolute Gasteiger partial charge is 0.382 e. The molecule has 0 spiro atoms. The van der Waals surface area contributed by atoms with E-state index in [1.165, 1.54) is 0 Å². The Morgan fingerprint density at radius 1 is 1.12 bits per heavy atom. The first-order chi connectivity index (χ1) is 12.4. The molecular formula is C18H28F3N3O2. The van der Waals surface area contributed by atoms with Crippen molar-refractivity contribution in [2.75, 3.05) is 32.9 Å². The highest BCUT2D eigenvalue weighted by Gasteiger charge is 2.27. The molecule has 0 unspecified atom stereocenters. The van der Waals surface area contributed by atoms with Crippen molar-refractivity contribution in [2.45, 2.75) is 39.6 Å². The molecule has 26 heavy (non-hydrogen) atoms. The monoisotopic (exact) mass is 375 g/mol. The average molecular weight is 375 g/mol. The van der Waals surface area contributed by atoms with Crippen LogP contribution in [0.15, 0.2) is 29.3 Å². The molecule has 1 aromatic carbocycles. The second-order valence-electron chi connectivity index (χ2n) is 5.60. The number of nitrogens with one attached hydrogen (secondary N) is 2. The van der Waals surface area contributed by atoms with Crippen LogP contribution >= 0.6 is 0 Å². The summed E-state index contributed by atoms with van der Waals surface area (Å²) in [6, 6.07) is 7.22. The lowest BCUT2D eigenvalue weighted by molar-refractivity contribution is -0.176. The Bertz CT molecular complexity index is 537. The summed E-state index contributed by atoms with van der Waals surface area (Å²) in [7, 11) is 0. The summed E-state index contributed by atoms with van der Waals surface area (Å²) in [5, 5.41) is 6.38. The van der Waals surface area contributed by atoms with E-state index in [0.717, 1.165) is 25.1 Å². The summed E-state index contributed by atoms with van der Waals surface area (Å²) >= 11 is 0. The standard InChI is InChI=1S/C18H28F3N3O2/c1-3-22-17(23-9-6-10-25-4-2)24-12-15-7-5-8-16(11-15)13-26-14-18(19,20)21/h5,7-8,11H,3-4,6,9-10,12-14H2,1-2H3,(H2,22,23,24). The number of guanidine groups is 1. The maximum Gasteiger partial charge on any atom is 0.411 e. The maximum atomic E-state index is 12.1. The van der Waals surface area contributed by atoms with Gasteiger partial charge < -0.3 is 20.1 Å². The van der Waals surface area contributed by atoms with Crippen LogP contribution in [0.2, 0.25) is 0 Å². The fourth-order valence-corrected chi connectivity index (χ4v) is 2.14. The van der Waals surface area contributed by atoms with E-state index in [2.05, 4.69) is 15.6 Å². The van der Waals surface area contributed by atoms with Crippen LogP contribution in [0.25, 0.3) is 0 Å². The first-order valence-corrected chi connectivity index (χ1v) is 8.76. The van der Waals surface area contributed by atoms with E-state index in [9.17, 15) is 13.2 Å². The number of aliphatic imine (C=N–C) groups is 1. The highest BCUT2D eigenvalue weighted by molar-refractivity contribution is 5.79. The summed E-state index contributed by atoms with van der Waals surface area (Å²) in [6.07, 6.45) is -3.43. The number of alkyl halides is 3. The van der Waals surface area contributed by atoms with E-state index in [-0.39, 0.29) is 6.61 Å². The molecular weight excluding hydrogens is 347 g/mol. The Morgan fingerprint density at radius 2 is 1.88 bits per heavy atom. The van der Waals surface area contributed by atoms with E-state index >= 15 is 0 Å². The van der Waals surface area contributed by atoms with Gasteiger partial charge in [0, 0.05) is 26.3 Å². The van der Waals surface area contributed by atoms with Gasteiger partial charge in [-0.3, -0.25) is 0 Å². The molecule has 2 N–H and O–H groups in total. The zero-order chi connectivity index (χ0) is 19.3. The molecule has 148 valence electrons. The molecule has 5 nitrogen and oxygen atoms in total. The van der Waals surface area contributed by atoms with Crippen molar-refractivity contribution >= 4 is 5.96 Å². The first kappa shape index (κ1) is 22.2. The highest BCUT2D eigenvalue weighted by atomic mass is 19.4. The van der Waals surface area contributed by atoms with Gasteiger partial charge in [-0.2, -0.15) is 13.2 Å². The normalized spacial score (nSPS) is 12.3. The molecule has 1 aromatic rings. The lowest BCUT2D eigenvalue weighted by Gasteiger charge is -2.12. The molecule has 8 heteroatoms. The van der Waals surface area contributed by atoms with E-state index in [1.54, 1.807) is 18.2 Å². The van der Waals surface area contributed by atoms with Crippen molar-refractivity contribution in [3.63, 3.8) is 0 Å². The van der Waals surface area contributed by atoms with Gasteiger partial charge in [0.15, 0.2) is 5.96 Å². The topological polar surface area (TPSA) is 54.9 Å². The average Bonchev–Trinajstić information content (AvgIpc) is 2.58. The Labute approximate surface area is 153 Å². The van der Waals surface area contributed by atoms with Crippen molar-refractivity contribution in [2.24, 2.45) is 4.99 Å². The van der Waals surface area contributed by atoms with E-state index in [1.807, 2.05) is 19.9 Å². The van der Waals surface area contributed by atoms with Crippen LogP contribution in [0, 0.1) is 0 Å². The van der Waals surface area contributed by atoms with Gasteiger partial charge >= 0.3 is 6.18 Å². The quantitative estimate of drug-likeness (QED) is 0.354. The molecule has 0 atom stereocenters. The largest absolute Gasteiger partial charge is 0.411 e. The Hall–Kier alpha value is -1.80. The van der Waals surface area contributed by atoms with Crippen molar-refractivity contribution in [3.05, 3.63) is 35.4 Å². The van der Waals surface area contributed by atoms with Gasteiger partial charge in [0.1, 0.15) is 6.61 Å². The van der Waals surface area contributed by atoms with E-state index in [0.29, 0.717) is 31.3 Å². The van der Waals surface area contributed by atoms with Gasteiger partial charge in [0.25, 0.3) is 0 Å². The molecule has 0 radical (unpaired) electrons. The summed E-state index contributed by atoms with van der Waals surface area (Å²) in [5.41, 5.74) is 1.60. The molecule has 0 aliphatic rings. The van der Waals surface area contributed by atoms with Gasteiger partial charge in [-0.05, 0) is 31.4 Å². The second kappa shape index (κ2) is 12.5. The molecule has 0 saturated heterocycles. The van der Waals surface area contributed by atoms with Gasteiger partial charge in [-0.25, -0.2) is 4.99 Å². The predicted molar refractivity (Wildman–Crippen MR) is 96.1 cm³/mol. The molecule has 0 heterocycles. The molecule has 1 rings (SSSR count). The van der Waals surface area contributed by atoms with Crippen molar-refractivity contribution < 1.29 is 22.6 Å². The molecule has 0 aliphatic carbocycles. The van der Waals surface area contributed by atoms with Crippen LogP contribution in [0.1, 0.15) is 31.4 Å². The summed E-state index contributed by atoms with van der Waals surface area (Å²) in [4.78, 5) is 4.49. The third-order valence-corrected chi connectivity index (χ3v) is 3.25. The van der Waals surface area contributed by atoms with Crippen LogP contribution in [-0.4, -0.2) is 45.0 Å². The molecule has 0 amide bonds. The zero-order valence-electron chi connectivity index (χ0n) is 15.4. The lowest BCUT2D eigenvalue weighted by atomic mass is 10.1. The fraction of sp³-hybridized carbons (Fsp3) is 0.611. The number of rotatable bonds is 11. The van der Waals surface area contributed by atoms with Gasteiger partial charge in [-0.1, -0.05) is 24.3 Å². The lowest BCUT2D eigenvalue weighted by Crippen LogP contribution is -2.38. The van der Waals surface area contributed by atoms with Crippen LogP contribution in [0.4, 0.5) is 13.2 Å². The number of nitrogens with zero attached hydrogens (tertiary/aromatic N) is 1. The fourth-order valence-electron chi connectivity index (χ4n) is 2.14. The van der Waals surface area contributed by atoms with E-state index < -0.39 is 12.8 Å². The van der Waals surface area contributed by atoms with Crippen LogP contribution in [0.5, 0.6) is 0 Å². The number of halogens is 3. The van der Waals surface area contributed by atoms with E-state index in [4.69, 9.17) is 9.47 Å². The highest BCUT2D eigenvalue weighted by Crippen LogP contribution is 2.16. The molecule has 0 saturated carbocycles. The van der Waals surface area contributed by atoms with Crippen molar-refractivity contribution in [1.29, 1.82) is 0 Å². The molecule has 0 bridgehead atoms. The number of benzene rings is 1. The van der Waals surface area contributed by atoms with Gasteiger partial charge in [0.2, 0.25) is 0 Å². The minimum Gasteiger partial charge on any atom is -0.382 e. The third kappa shape index (κ3) is 10.9. The predicted octanol–water partition coefficient (Wildman–Crippen LogP) is 3.25. The number of ether oxygens (including phenoxy) is 2. The van der Waals surface area contributed by atoms with Crippen LogP contribution in [0.3, 0.4) is 0 Å². The van der Waals surface area contributed by atoms with Crippen LogP contribution < -0.4 is 10.6 Å². The number of hydrogen-bond acceptors (Lipinski definition) is 3. The summed E-state index contributed by atoms with van der Waals surface area (Å²) in [6.45, 7) is 5.93. The van der Waals surface area contributed by atoms with Gasteiger partial charge in [0.05, 0.1) is 13.2 Å². The third-order valence-electron chi connectivity index (χ3n) is 3.25. The minimum absolute atomic E-state index is 0.0766. The number of hydrogen-bond donors (Lipinski definition) is 2. The second-order valence-corrected chi connectivity index (χ2v) is 5.60. The SMILES string of the molecule is CCNC(=NCc1cccc(COCC(F)(F)F)c1)NCCCOCC. The van der Waals surface area contributed by atoms with Crippen LogP contribution in [-0.2, 0) is 22.6 Å². The Kier molecular flexibility index (Phi) is 10.7. The van der Waals surface area contributed by atoms with Gasteiger partial charge in [-0.15, -0.1) is 0 Å². The summed E-state index contributed by atoms with van der Waals surface area (Å²) in [5.74, 6) is 0.697. The molecule has 0 aromatic heterocycles. The molecule has 0 aliphatic heterocycles.